The molecule has 0 saturated carbocycles. The maximum absolute atomic E-state index is 11.6. The molecule has 2 amide bonds. The molecule has 6 heteroatoms. The Bertz CT molecular complexity index is 282. The number of nitrogens with one attached hydrogen (secondary N) is 1. The van der Waals surface area contributed by atoms with Gasteiger partial charge in [0.15, 0.2) is 0 Å². The van der Waals surface area contributed by atoms with Crippen molar-refractivity contribution in [1.29, 1.82) is 0 Å². The minimum atomic E-state index is -0.806. The standard InChI is InChI=1S/C11H22N2O4/c1-7(2)8(9(14)13(6)16)12-10(15)17-11(3,4)5/h7-8,16H,1-6H3,(H,12,15)/t8-/m0/s1. The van der Waals surface area contributed by atoms with E-state index in [2.05, 4.69) is 5.32 Å². The average Bonchev–Trinajstić information content (AvgIpc) is 2.09. The van der Waals surface area contributed by atoms with Gasteiger partial charge in [0.25, 0.3) is 5.91 Å². The first-order valence-corrected chi connectivity index (χ1v) is 5.50. The van der Waals surface area contributed by atoms with Crippen LogP contribution < -0.4 is 5.32 Å². The Labute approximate surface area is 102 Å². The molecule has 0 radical (unpaired) electrons. The highest BCUT2D eigenvalue weighted by Crippen LogP contribution is 2.09. The van der Waals surface area contributed by atoms with Crippen LogP contribution in [0.2, 0.25) is 0 Å². The molecule has 0 fully saturated rings. The van der Waals surface area contributed by atoms with E-state index < -0.39 is 23.6 Å². The highest BCUT2D eigenvalue weighted by Gasteiger charge is 2.28. The second-order valence-electron chi connectivity index (χ2n) is 5.23. The number of nitrogens with zero attached hydrogens (tertiary/aromatic N) is 1. The molecule has 0 unspecified atom stereocenters. The second kappa shape index (κ2) is 5.86. The van der Waals surface area contributed by atoms with Crippen LogP contribution in [0.1, 0.15) is 34.6 Å². The van der Waals surface area contributed by atoms with Gasteiger partial charge in [-0.05, 0) is 26.7 Å². The number of likely N-dealkylation sites (N-methyl/N-ethyl adjacent to an activating group) is 1. The largest absolute Gasteiger partial charge is 0.444 e. The molecular weight excluding hydrogens is 224 g/mol. The lowest BCUT2D eigenvalue weighted by Gasteiger charge is -2.26. The number of rotatable bonds is 3. The van der Waals surface area contributed by atoms with Gasteiger partial charge < -0.3 is 10.1 Å². The van der Waals surface area contributed by atoms with E-state index in [-0.39, 0.29) is 5.92 Å². The molecule has 0 bridgehead atoms. The first-order chi connectivity index (χ1) is 7.54. The van der Waals surface area contributed by atoms with E-state index in [1.165, 1.54) is 7.05 Å². The summed E-state index contributed by atoms with van der Waals surface area (Å²) in [5, 5.41) is 12.0. The SMILES string of the molecule is CC(C)[C@H](NC(=O)OC(C)(C)C)C(=O)N(C)O. The Morgan fingerprint density at radius 1 is 1.29 bits per heavy atom. The van der Waals surface area contributed by atoms with E-state index >= 15 is 0 Å². The lowest BCUT2D eigenvalue weighted by molar-refractivity contribution is -0.162. The molecule has 0 aromatic carbocycles. The van der Waals surface area contributed by atoms with E-state index in [1.54, 1.807) is 34.6 Å². The summed E-state index contributed by atoms with van der Waals surface area (Å²) in [6, 6.07) is -0.806. The summed E-state index contributed by atoms with van der Waals surface area (Å²) >= 11 is 0. The van der Waals surface area contributed by atoms with Gasteiger partial charge in [-0.15, -0.1) is 0 Å². The Kier molecular flexibility index (Phi) is 5.41. The zero-order valence-electron chi connectivity index (χ0n) is 11.3. The van der Waals surface area contributed by atoms with Crippen molar-refractivity contribution in [3.63, 3.8) is 0 Å². The summed E-state index contributed by atoms with van der Waals surface area (Å²) in [6.07, 6.45) is -0.675. The van der Waals surface area contributed by atoms with Gasteiger partial charge in [-0.25, -0.2) is 9.86 Å². The van der Waals surface area contributed by atoms with Crippen molar-refractivity contribution in [3.05, 3.63) is 0 Å². The van der Waals surface area contributed by atoms with Crippen molar-refractivity contribution in [1.82, 2.24) is 10.4 Å². The number of ether oxygens (including phenoxy) is 1. The van der Waals surface area contributed by atoms with Gasteiger partial charge in [-0.3, -0.25) is 10.0 Å². The molecule has 1 atom stereocenters. The number of carbonyl (C=O) groups is 2. The quantitative estimate of drug-likeness (QED) is 0.582. The normalized spacial score (nSPS) is 13.2. The first-order valence-electron chi connectivity index (χ1n) is 5.50. The highest BCUT2D eigenvalue weighted by molar-refractivity contribution is 5.85. The number of hydrogen-bond acceptors (Lipinski definition) is 4. The van der Waals surface area contributed by atoms with Crippen LogP contribution in [0, 0.1) is 5.92 Å². The Hall–Kier alpha value is -1.30. The Morgan fingerprint density at radius 3 is 2.06 bits per heavy atom. The van der Waals surface area contributed by atoms with E-state index in [9.17, 15) is 9.59 Å². The number of carbonyl (C=O) groups excluding carboxylic acids is 2. The van der Waals surface area contributed by atoms with E-state index in [0.717, 1.165) is 0 Å². The van der Waals surface area contributed by atoms with Gasteiger partial charge in [0, 0.05) is 7.05 Å². The maximum Gasteiger partial charge on any atom is 0.408 e. The van der Waals surface area contributed by atoms with Gasteiger partial charge in [-0.2, -0.15) is 0 Å². The molecule has 0 aliphatic rings. The van der Waals surface area contributed by atoms with Crippen molar-refractivity contribution in [2.24, 2.45) is 5.92 Å². The molecule has 0 aliphatic carbocycles. The molecule has 0 aromatic heterocycles. The molecule has 0 spiro atoms. The number of amides is 2. The Balaban J connectivity index is 4.57. The van der Waals surface area contributed by atoms with Crippen LogP contribution in [0.25, 0.3) is 0 Å². The number of hydrogen-bond donors (Lipinski definition) is 2. The predicted octanol–water partition coefficient (Wildman–Crippen LogP) is 1.38. The highest BCUT2D eigenvalue weighted by atomic mass is 16.6. The number of alkyl carbamates (subject to hydrolysis) is 1. The molecular formula is C11H22N2O4. The van der Waals surface area contributed by atoms with E-state index in [0.29, 0.717) is 5.06 Å². The van der Waals surface area contributed by atoms with Crippen molar-refractivity contribution < 1.29 is 19.5 Å². The van der Waals surface area contributed by atoms with Gasteiger partial charge >= 0.3 is 6.09 Å². The van der Waals surface area contributed by atoms with Crippen molar-refractivity contribution in [2.75, 3.05) is 7.05 Å². The minimum absolute atomic E-state index is 0.149. The summed E-state index contributed by atoms with van der Waals surface area (Å²) in [6.45, 7) is 8.73. The summed E-state index contributed by atoms with van der Waals surface area (Å²) in [4.78, 5) is 23.1. The first kappa shape index (κ1) is 15.7. The van der Waals surface area contributed by atoms with Crippen molar-refractivity contribution in [2.45, 2.75) is 46.3 Å². The molecule has 0 heterocycles. The zero-order valence-corrected chi connectivity index (χ0v) is 11.3. The minimum Gasteiger partial charge on any atom is -0.444 e. The van der Waals surface area contributed by atoms with Crippen LogP contribution in [-0.2, 0) is 9.53 Å². The van der Waals surface area contributed by atoms with Crippen molar-refractivity contribution in [3.8, 4) is 0 Å². The summed E-state index contributed by atoms with van der Waals surface area (Å²) in [5.74, 6) is -0.726. The molecule has 0 saturated heterocycles. The lowest BCUT2D eigenvalue weighted by atomic mass is 10.0. The third kappa shape index (κ3) is 6.11. The summed E-state index contributed by atoms with van der Waals surface area (Å²) < 4.78 is 5.05. The van der Waals surface area contributed by atoms with E-state index in [4.69, 9.17) is 9.94 Å². The van der Waals surface area contributed by atoms with Crippen LogP contribution in [0.15, 0.2) is 0 Å². The molecule has 6 nitrogen and oxygen atoms in total. The predicted molar refractivity (Wildman–Crippen MR) is 62.6 cm³/mol. The molecule has 0 rings (SSSR count). The third-order valence-corrected chi connectivity index (χ3v) is 1.92. The van der Waals surface area contributed by atoms with Crippen LogP contribution in [0.3, 0.4) is 0 Å². The fraction of sp³-hybridized carbons (Fsp3) is 0.818. The Morgan fingerprint density at radius 2 is 1.76 bits per heavy atom. The average molecular weight is 246 g/mol. The monoisotopic (exact) mass is 246 g/mol. The fourth-order valence-corrected chi connectivity index (χ4v) is 1.15. The van der Waals surface area contributed by atoms with Crippen molar-refractivity contribution >= 4 is 12.0 Å². The van der Waals surface area contributed by atoms with E-state index in [1.807, 2.05) is 0 Å². The molecule has 2 N–H and O–H groups in total. The molecule has 0 aliphatic heterocycles. The fourth-order valence-electron chi connectivity index (χ4n) is 1.15. The van der Waals surface area contributed by atoms with Gasteiger partial charge in [0.2, 0.25) is 0 Å². The third-order valence-electron chi connectivity index (χ3n) is 1.92. The lowest BCUT2D eigenvalue weighted by Crippen LogP contribution is -2.50. The number of hydroxylamine groups is 2. The van der Waals surface area contributed by atoms with Gasteiger partial charge in [0.05, 0.1) is 0 Å². The second-order valence-corrected chi connectivity index (χ2v) is 5.23. The van der Waals surface area contributed by atoms with Crippen LogP contribution in [0.5, 0.6) is 0 Å². The smallest absolute Gasteiger partial charge is 0.408 e. The van der Waals surface area contributed by atoms with Crippen LogP contribution in [-0.4, -0.2) is 41.0 Å². The van der Waals surface area contributed by atoms with Crippen LogP contribution >= 0.6 is 0 Å². The zero-order chi connectivity index (χ0) is 13.8. The summed E-state index contributed by atoms with van der Waals surface area (Å²) in [7, 11) is 1.22. The van der Waals surface area contributed by atoms with Gasteiger partial charge in [0.1, 0.15) is 11.6 Å². The van der Waals surface area contributed by atoms with Gasteiger partial charge in [-0.1, -0.05) is 13.8 Å². The molecule has 100 valence electrons. The topological polar surface area (TPSA) is 78.9 Å². The molecule has 17 heavy (non-hydrogen) atoms. The molecule has 0 aromatic rings. The van der Waals surface area contributed by atoms with Crippen LogP contribution in [0.4, 0.5) is 4.79 Å². The summed E-state index contributed by atoms with van der Waals surface area (Å²) in [5.41, 5.74) is -0.625. The maximum atomic E-state index is 11.6.